The van der Waals surface area contributed by atoms with Gasteiger partial charge >= 0.3 is 12.1 Å². The summed E-state index contributed by atoms with van der Waals surface area (Å²) >= 11 is 0. The Morgan fingerprint density at radius 1 is 1.14 bits per heavy atom. The van der Waals surface area contributed by atoms with Crippen molar-refractivity contribution in [1.29, 1.82) is 0 Å². The molecule has 1 aliphatic rings. The molecule has 4 rings (SSSR count). The summed E-state index contributed by atoms with van der Waals surface area (Å²) in [6, 6.07) is 15.0. The fourth-order valence-corrected chi connectivity index (χ4v) is 3.73. The highest BCUT2D eigenvalue weighted by molar-refractivity contribution is 5.81. The van der Waals surface area contributed by atoms with E-state index in [4.69, 9.17) is 4.74 Å². The number of likely N-dealkylation sites (N-methyl/N-ethyl adjacent to an activating group) is 1. The van der Waals surface area contributed by atoms with E-state index in [1.165, 1.54) is 13.2 Å². The van der Waals surface area contributed by atoms with Gasteiger partial charge in [-0.15, -0.1) is 0 Å². The molecule has 1 heterocycles. The number of amides is 1. The van der Waals surface area contributed by atoms with Crippen LogP contribution in [0.25, 0.3) is 11.1 Å². The Kier molecular flexibility index (Phi) is 4.99. The number of fused-ring (bicyclic) bond motifs is 3. The SMILES string of the molecule is CN(C(=O)OCC1c2ccccc2-c2ccccc21)[C@@H](Cc1cn[nH]n1)C(=O)O. The van der Waals surface area contributed by atoms with Gasteiger partial charge in [0.2, 0.25) is 0 Å². The number of benzene rings is 2. The van der Waals surface area contributed by atoms with E-state index in [2.05, 4.69) is 27.5 Å². The van der Waals surface area contributed by atoms with Gasteiger partial charge in [-0.3, -0.25) is 4.90 Å². The van der Waals surface area contributed by atoms with Crippen LogP contribution in [0.3, 0.4) is 0 Å². The van der Waals surface area contributed by atoms with E-state index in [0.29, 0.717) is 5.69 Å². The second kappa shape index (κ2) is 7.75. The van der Waals surface area contributed by atoms with Crippen molar-refractivity contribution in [2.24, 2.45) is 0 Å². The first kappa shape index (κ1) is 18.7. The maximum atomic E-state index is 12.6. The third-order valence-electron chi connectivity index (χ3n) is 5.24. The molecule has 2 aromatic carbocycles. The zero-order chi connectivity index (χ0) is 20.4. The molecule has 0 fully saturated rings. The number of nitrogens with zero attached hydrogens (tertiary/aromatic N) is 3. The van der Waals surface area contributed by atoms with Crippen molar-refractivity contribution >= 4 is 12.1 Å². The number of H-pyrrole nitrogens is 1. The number of carbonyl (C=O) groups is 2. The molecule has 1 amide bonds. The van der Waals surface area contributed by atoms with E-state index in [-0.39, 0.29) is 18.9 Å². The van der Waals surface area contributed by atoms with Gasteiger partial charge in [0.15, 0.2) is 0 Å². The number of aromatic nitrogens is 3. The van der Waals surface area contributed by atoms with E-state index in [1.54, 1.807) is 0 Å². The number of rotatable bonds is 6. The van der Waals surface area contributed by atoms with E-state index >= 15 is 0 Å². The van der Waals surface area contributed by atoms with E-state index in [1.807, 2.05) is 36.4 Å². The second-order valence-electron chi connectivity index (χ2n) is 6.93. The van der Waals surface area contributed by atoms with Crippen molar-refractivity contribution < 1.29 is 19.4 Å². The van der Waals surface area contributed by atoms with Crippen molar-refractivity contribution in [2.75, 3.05) is 13.7 Å². The number of carbonyl (C=O) groups excluding carboxylic acids is 1. The van der Waals surface area contributed by atoms with Crippen LogP contribution in [0.2, 0.25) is 0 Å². The van der Waals surface area contributed by atoms with Gasteiger partial charge in [0.1, 0.15) is 12.6 Å². The molecular formula is C21H20N4O4. The smallest absolute Gasteiger partial charge is 0.410 e. The van der Waals surface area contributed by atoms with Crippen LogP contribution in [0.5, 0.6) is 0 Å². The Labute approximate surface area is 167 Å². The number of ether oxygens (including phenoxy) is 1. The molecule has 0 bridgehead atoms. The van der Waals surface area contributed by atoms with Crippen LogP contribution < -0.4 is 0 Å². The molecule has 1 aromatic heterocycles. The molecule has 1 atom stereocenters. The van der Waals surface area contributed by atoms with Gasteiger partial charge in [-0.25, -0.2) is 9.59 Å². The number of nitrogens with one attached hydrogen (secondary N) is 1. The minimum Gasteiger partial charge on any atom is -0.480 e. The molecule has 29 heavy (non-hydrogen) atoms. The number of carboxylic acids is 1. The Bertz CT molecular complexity index is 989. The van der Waals surface area contributed by atoms with Crippen LogP contribution in [0.15, 0.2) is 54.7 Å². The maximum Gasteiger partial charge on any atom is 0.410 e. The average Bonchev–Trinajstić information content (AvgIpc) is 3.36. The van der Waals surface area contributed by atoms with E-state index in [9.17, 15) is 14.7 Å². The normalized spacial score (nSPS) is 13.4. The highest BCUT2D eigenvalue weighted by atomic mass is 16.6. The van der Waals surface area contributed by atoms with Crippen molar-refractivity contribution in [3.05, 3.63) is 71.5 Å². The number of carboxylic acid groups (broad SMARTS) is 1. The Morgan fingerprint density at radius 2 is 1.76 bits per heavy atom. The molecular weight excluding hydrogens is 372 g/mol. The van der Waals surface area contributed by atoms with Crippen LogP contribution in [0.1, 0.15) is 22.7 Å². The molecule has 8 heteroatoms. The molecule has 1 aliphatic carbocycles. The Hall–Kier alpha value is -3.68. The minimum atomic E-state index is -1.14. The third-order valence-corrected chi connectivity index (χ3v) is 5.24. The predicted molar refractivity (Wildman–Crippen MR) is 104 cm³/mol. The number of aromatic amines is 1. The molecule has 0 saturated heterocycles. The summed E-state index contributed by atoms with van der Waals surface area (Å²) in [7, 11) is 1.41. The Morgan fingerprint density at radius 3 is 2.31 bits per heavy atom. The van der Waals surface area contributed by atoms with Gasteiger partial charge in [-0.2, -0.15) is 15.4 Å². The molecule has 3 aromatic rings. The van der Waals surface area contributed by atoms with Crippen molar-refractivity contribution in [3.8, 4) is 11.1 Å². The summed E-state index contributed by atoms with van der Waals surface area (Å²) < 4.78 is 5.53. The molecule has 0 spiro atoms. The van der Waals surface area contributed by atoms with Gasteiger partial charge in [-0.1, -0.05) is 48.5 Å². The van der Waals surface area contributed by atoms with Crippen molar-refractivity contribution in [1.82, 2.24) is 20.3 Å². The van der Waals surface area contributed by atoms with Crippen LogP contribution in [0.4, 0.5) is 4.79 Å². The quantitative estimate of drug-likeness (QED) is 0.668. The van der Waals surface area contributed by atoms with Crippen LogP contribution >= 0.6 is 0 Å². The van der Waals surface area contributed by atoms with E-state index < -0.39 is 18.1 Å². The highest BCUT2D eigenvalue weighted by Gasteiger charge is 2.32. The summed E-state index contributed by atoms with van der Waals surface area (Å²) in [4.78, 5) is 25.3. The number of aliphatic carboxylic acids is 1. The lowest BCUT2D eigenvalue weighted by molar-refractivity contribution is -0.142. The topological polar surface area (TPSA) is 108 Å². The molecule has 0 unspecified atom stereocenters. The summed E-state index contributed by atoms with van der Waals surface area (Å²) in [5.41, 5.74) is 4.91. The summed E-state index contributed by atoms with van der Waals surface area (Å²) in [6.07, 6.45) is 0.774. The lowest BCUT2D eigenvalue weighted by atomic mass is 9.98. The monoisotopic (exact) mass is 392 g/mol. The standard InChI is InChI=1S/C21H20N4O4/c1-25(19(20(26)27)10-13-11-22-24-23-13)21(28)29-12-18-16-8-4-2-6-14(16)15-7-3-5-9-17(15)18/h2-9,11,18-19H,10,12H2,1H3,(H,26,27)(H,22,23,24)/t19-/m0/s1. The lowest BCUT2D eigenvalue weighted by Gasteiger charge is -2.24. The summed E-state index contributed by atoms with van der Waals surface area (Å²) in [6.45, 7) is 0.132. The lowest BCUT2D eigenvalue weighted by Crippen LogP contribution is -2.44. The third kappa shape index (κ3) is 3.56. The number of hydrogen-bond donors (Lipinski definition) is 2. The van der Waals surface area contributed by atoms with Crippen LogP contribution in [0, 0.1) is 0 Å². The summed E-state index contributed by atoms with van der Waals surface area (Å²) in [5.74, 6) is -1.22. The van der Waals surface area contributed by atoms with Crippen LogP contribution in [-0.4, -0.2) is 57.2 Å². The molecule has 148 valence electrons. The maximum absolute atomic E-state index is 12.6. The molecule has 8 nitrogen and oxygen atoms in total. The van der Waals surface area contributed by atoms with Gasteiger partial charge in [0.05, 0.1) is 11.9 Å². The van der Waals surface area contributed by atoms with Crippen molar-refractivity contribution in [3.63, 3.8) is 0 Å². The highest BCUT2D eigenvalue weighted by Crippen LogP contribution is 2.44. The van der Waals surface area contributed by atoms with Gasteiger partial charge < -0.3 is 9.84 Å². The zero-order valence-corrected chi connectivity index (χ0v) is 15.8. The fourth-order valence-electron chi connectivity index (χ4n) is 3.73. The zero-order valence-electron chi connectivity index (χ0n) is 15.8. The molecule has 0 saturated carbocycles. The molecule has 0 aliphatic heterocycles. The fraction of sp³-hybridized carbons (Fsp3) is 0.238. The van der Waals surface area contributed by atoms with Crippen molar-refractivity contribution in [2.45, 2.75) is 18.4 Å². The predicted octanol–water partition coefficient (Wildman–Crippen LogP) is 2.68. The summed E-state index contributed by atoms with van der Waals surface area (Å²) in [5, 5.41) is 19.5. The van der Waals surface area contributed by atoms with Crippen LogP contribution in [-0.2, 0) is 16.0 Å². The van der Waals surface area contributed by atoms with Gasteiger partial charge in [-0.05, 0) is 22.3 Å². The second-order valence-corrected chi connectivity index (χ2v) is 6.93. The minimum absolute atomic E-state index is 0.0343. The molecule has 2 N–H and O–H groups in total. The largest absolute Gasteiger partial charge is 0.480 e. The Balaban J connectivity index is 1.48. The first-order chi connectivity index (χ1) is 14.1. The molecule has 0 radical (unpaired) electrons. The first-order valence-corrected chi connectivity index (χ1v) is 9.21. The average molecular weight is 392 g/mol. The van der Waals surface area contributed by atoms with Gasteiger partial charge in [0, 0.05) is 19.4 Å². The first-order valence-electron chi connectivity index (χ1n) is 9.21. The number of hydrogen-bond acceptors (Lipinski definition) is 5. The van der Waals surface area contributed by atoms with Gasteiger partial charge in [0.25, 0.3) is 0 Å². The van der Waals surface area contributed by atoms with E-state index in [0.717, 1.165) is 27.2 Å².